The molecule has 0 saturated heterocycles. The molecule has 9 heteroatoms. The van der Waals surface area contributed by atoms with E-state index >= 15 is 0 Å². The van der Waals surface area contributed by atoms with Crippen LogP contribution in [0.2, 0.25) is 0 Å². The number of hydrogen-bond acceptors (Lipinski definition) is 8. The molecule has 1 amide bonds. The van der Waals surface area contributed by atoms with Crippen molar-refractivity contribution in [2.75, 3.05) is 27.9 Å². The maximum atomic E-state index is 12.2. The van der Waals surface area contributed by atoms with Gasteiger partial charge in [0.2, 0.25) is 5.75 Å². The molecule has 152 valence electrons. The number of amides is 1. The molecular formula is C20H20N2O6S. The van der Waals surface area contributed by atoms with Crippen LogP contribution in [0.25, 0.3) is 10.2 Å². The van der Waals surface area contributed by atoms with E-state index in [1.54, 1.807) is 35.8 Å². The molecule has 0 fully saturated rings. The van der Waals surface area contributed by atoms with E-state index in [1.165, 1.54) is 32.7 Å². The first-order chi connectivity index (χ1) is 14.0. The van der Waals surface area contributed by atoms with Crippen molar-refractivity contribution >= 4 is 33.4 Å². The Hall–Kier alpha value is -3.33. The van der Waals surface area contributed by atoms with Crippen LogP contribution in [0, 0.1) is 0 Å². The Labute approximate surface area is 171 Å². The van der Waals surface area contributed by atoms with Gasteiger partial charge < -0.3 is 24.3 Å². The minimum absolute atomic E-state index is 0.208. The Kier molecular flexibility index (Phi) is 6.50. The standard InChI is InChI=1S/C20H20N2O6S/c1-25-15-6-12(7-16(26-2)19(15)27-3)9-21-18(23)10-28-20(24)13-4-5-14-17(8-13)29-11-22-14/h4-8,11H,9-10H2,1-3H3,(H,21,23). The highest BCUT2D eigenvalue weighted by molar-refractivity contribution is 7.16. The summed E-state index contributed by atoms with van der Waals surface area (Å²) in [6, 6.07) is 8.53. The lowest BCUT2D eigenvalue weighted by molar-refractivity contribution is -0.124. The fraction of sp³-hybridized carbons (Fsp3) is 0.250. The van der Waals surface area contributed by atoms with Gasteiger partial charge in [0.1, 0.15) is 0 Å². The molecule has 0 atom stereocenters. The van der Waals surface area contributed by atoms with E-state index in [0.717, 1.165) is 15.8 Å². The summed E-state index contributed by atoms with van der Waals surface area (Å²) in [5, 5.41) is 2.70. The third-order valence-electron chi connectivity index (χ3n) is 4.12. The third kappa shape index (κ3) is 4.75. The van der Waals surface area contributed by atoms with Crippen molar-refractivity contribution < 1.29 is 28.5 Å². The number of carbonyl (C=O) groups excluding carboxylic acids is 2. The molecule has 0 aliphatic heterocycles. The first kappa shape index (κ1) is 20.4. The zero-order chi connectivity index (χ0) is 20.8. The van der Waals surface area contributed by atoms with Gasteiger partial charge in [-0.25, -0.2) is 9.78 Å². The number of carbonyl (C=O) groups is 2. The molecule has 0 spiro atoms. The van der Waals surface area contributed by atoms with Crippen LogP contribution in [0.4, 0.5) is 0 Å². The zero-order valence-corrected chi connectivity index (χ0v) is 17.0. The maximum Gasteiger partial charge on any atom is 0.338 e. The number of hydrogen-bond donors (Lipinski definition) is 1. The number of rotatable bonds is 8. The van der Waals surface area contributed by atoms with E-state index in [9.17, 15) is 9.59 Å². The lowest BCUT2D eigenvalue weighted by atomic mass is 10.1. The van der Waals surface area contributed by atoms with E-state index in [2.05, 4.69) is 10.3 Å². The van der Waals surface area contributed by atoms with Gasteiger partial charge in [-0.05, 0) is 35.9 Å². The van der Waals surface area contributed by atoms with Crippen LogP contribution in [0.5, 0.6) is 17.2 Å². The number of methoxy groups -OCH3 is 3. The molecule has 0 aliphatic carbocycles. The van der Waals surface area contributed by atoms with Gasteiger partial charge >= 0.3 is 5.97 Å². The van der Waals surface area contributed by atoms with Crippen molar-refractivity contribution in [2.24, 2.45) is 0 Å². The van der Waals surface area contributed by atoms with E-state index < -0.39 is 11.9 Å². The average molecular weight is 416 g/mol. The van der Waals surface area contributed by atoms with Crippen LogP contribution < -0.4 is 19.5 Å². The lowest BCUT2D eigenvalue weighted by Gasteiger charge is -2.14. The molecular weight excluding hydrogens is 396 g/mol. The SMILES string of the molecule is COc1cc(CNC(=O)COC(=O)c2ccc3ncsc3c2)cc(OC)c1OC. The molecule has 0 bridgehead atoms. The number of nitrogens with one attached hydrogen (secondary N) is 1. The summed E-state index contributed by atoms with van der Waals surface area (Å²) in [6.45, 7) is -0.177. The highest BCUT2D eigenvalue weighted by Crippen LogP contribution is 2.38. The first-order valence-corrected chi connectivity index (χ1v) is 9.49. The minimum atomic E-state index is -0.566. The second-order valence-corrected chi connectivity index (χ2v) is 6.81. The second kappa shape index (κ2) is 9.24. The van der Waals surface area contributed by atoms with E-state index in [1.807, 2.05) is 0 Å². The highest BCUT2D eigenvalue weighted by Gasteiger charge is 2.15. The van der Waals surface area contributed by atoms with Crippen LogP contribution in [-0.2, 0) is 16.1 Å². The molecule has 29 heavy (non-hydrogen) atoms. The molecule has 0 radical (unpaired) electrons. The van der Waals surface area contributed by atoms with Crippen molar-refractivity contribution in [3.63, 3.8) is 0 Å². The molecule has 3 rings (SSSR count). The molecule has 0 aliphatic rings. The molecule has 0 unspecified atom stereocenters. The largest absolute Gasteiger partial charge is 0.493 e. The first-order valence-electron chi connectivity index (χ1n) is 8.61. The number of thiazole rings is 1. The Morgan fingerprint density at radius 3 is 2.41 bits per heavy atom. The molecule has 0 saturated carbocycles. The number of benzene rings is 2. The van der Waals surface area contributed by atoms with Crippen molar-refractivity contribution in [3.8, 4) is 17.2 Å². The van der Waals surface area contributed by atoms with Gasteiger partial charge in [-0.2, -0.15) is 0 Å². The summed E-state index contributed by atoms with van der Waals surface area (Å²) in [5.74, 6) is 0.452. The van der Waals surface area contributed by atoms with Gasteiger partial charge in [-0.15, -0.1) is 11.3 Å². The van der Waals surface area contributed by atoms with E-state index in [0.29, 0.717) is 22.8 Å². The number of nitrogens with zero attached hydrogens (tertiary/aromatic N) is 1. The zero-order valence-electron chi connectivity index (χ0n) is 16.2. The van der Waals surface area contributed by atoms with Gasteiger partial charge in [0.05, 0.1) is 42.6 Å². The van der Waals surface area contributed by atoms with Gasteiger partial charge in [-0.3, -0.25) is 4.79 Å². The van der Waals surface area contributed by atoms with Crippen molar-refractivity contribution in [3.05, 3.63) is 47.0 Å². The van der Waals surface area contributed by atoms with Gasteiger partial charge in [0.15, 0.2) is 18.1 Å². The monoisotopic (exact) mass is 416 g/mol. The average Bonchev–Trinajstić information content (AvgIpc) is 3.22. The van der Waals surface area contributed by atoms with Crippen LogP contribution in [0.3, 0.4) is 0 Å². The van der Waals surface area contributed by atoms with Gasteiger partial charge in [0, 0.05) is 6.54 Å². The highest BCUT2D eigenvalue weighted by atomic mass is 32.1. The predicted molar refractivity (Wildman–Crippen MR) is 108 cm³/mol. The molecule has 1 heterocycles. The second-order valence-electron chi connectivity index (χ2n) is 5.92. The van der Waals surface area contributed by atoms with E-state index in [4.69, 9.17) is 18.9 Å². The van der Waals surface area contributed by atoms with Gasteiger partial charge in [-0.1, -0.05) is 0 Å². The number of ether oxygens (including phenoxy) is 4. The number of fused-ring (bicyclic) bond motifs is 1. The summed E-state index contributed by atoms with van der Waals surface area (Å²) >= 11 is 1.43. The van der Waals surface area contributed by atoms with E-state index in [-0.39, 0.29) is 13.2 Å². The Bertz CT molecular complexity index is 1010. The molecule has 1 N–H and O–H groups in total. The fourth-order valence-electron chi connectivity index (χ4n) is 2.69. The Balaban J connectivity index is 1.56. The third-order valence-corrected chi connectivity index (χ3v) is 4.91. The topological polar surface area (TPSA) is 96.0 Å². The van der Waals surface area contributed by atoms with Crippen molar-refractivity contribution in [1.29, 1.82) is 0 Å². The van der Waals surface area contributed by atoms with Crippen LogP contribution >= 0.6 is 11.3 Å². The van der Waals surface area contributed by atoms with Gasteiger partial charge in [0.25, 0.3) is 5.91 Å². The van der Waals surface area contributed by atoms with Crippen LogP contribution in [0.1, 0.15) is 15.9 Å². The summed E-state index contributed by atoms with van der Waals surface area (Å²) in [4.78, 5) is 28.4. The quantitative estimate of drug-likeness (QED) is 0.564. The number of aromatic nitrogens is 1. The summed E-state index contributed by atoms with van der Waals surface area (Å²) in [7, 11) is 4.55. The fourth-order valence-corrected chi connectivity index (χ4v) is 3.40. The minimum Gasteiger partial charge on any atom is -0.493 e. The Morgan fingerprint density at radius 1 is 1.03 bits per heavy atom. The summed E-state index contributed by atoms with van der Waals surface area (Å²) in [6.07, 6.45) is 0. The van der Waals surface area contributed by atoms with Crippen LogP contribution in [-0.4, -0.2) is 44.8 Å². The number of esters is 1. The summed E-state index contributed by atoms with van der Waals surface area (Å²) in [5.41, 5.74) is 3.64. The summed E-state index contributed by atoms with van der Waals surface area (Å²) < 4.78 is 21.8. The molecule has 2 aromatic carbocycles. The van der Waals surface area contributed by atoms with Crippen LogP contribution in [0.15, 0.2) is 35.8 Å². The smallest absolute Gasteiger partial charge is 0.338 e. The molecule has 3 aromatic rings. The predicted octanol–water partition coefficient (Wildman–Crippen LogP) is 2.80. The normalized spacial score (nSPS) is 10.4. The molecule has 8 nitrogen and oxygen atoms in total. The molecule has 1 aromatic heterocycles. The van der Waals surface area contributed by atoms with Crippen molar-refractivity contribution in [1.82, 2.24) is 10.3 Å². The van der Waals surface area contributed by atoms with Crippen molar-refractivity contribution in [2.45, 2.75) is 6.54 Å². The Morgan fingerprint density at radius 2 is 1.76 bits per heavy atom. The maximum absolute atomic E-state index is 12.2. The lowest BCUT2D eigenvalue weighted by Crippen LogP contribution is -2.28.